The molecule has 2 aromatic rings. The fourth-order valence-electron chi connectivity index (χ4n) is 4.95. The molecule has 2 aliphatic rings. The van der Waals surface area contributed by atoms with E-state index in [1.807, 2.05) is 30.9 Å². The van der Waals surface area contributed by atoms with Gasteiger partial charge in [-0.25, -0.2) is 0 Å². The van der Waals surface area contributed by atoms with Gasteiger partial charge in [-0.2, -0.15) is 0 Å². The first-order chi connectivity index (χ1) is 15.9. The van der Waals surface area contributed by atoms with Gasteiger partial charge in [-0.3, -0.25) is 19.6 Å². The zero-order valence-electron chi connectivity index (χ0n) is 20.6. The zero-order chi connectivity index (χ0) is 23.4. The number of carbonyl (C=O) groups is 1. The maximum Gasteiger partial charge on any atom is 0.255 e. The normalized spacial score (nSPS) is 18.7. The van der Waals surface area contributed by atoms with E-state index in [0.717, 1.165) is 100 Å². The predicted molar refractivity (Wildman–Crippen MR) is 129 cm³/mol. The van der Waals surface area contributed by atoms with E-state index in [4.69, 9.17) is 14.1 Å². The second kappa shape index (κ2) is 10.8. The molecule has 0 aliphatic carbocycles. The van der Waals surface area contributed by atoms with Gasteiger partial charge in [0, 0.05) is 51.4 Å². The predicted octanol–water partition coefficient (Wildman–Crippen LogP) is 3.38. The number of piperazine rings is 1. The van der Waals surface area contributed by atoms with Gasteiger partial charge in [-0.1, -0.05) is 0 Å². The Balaban J connectivity index is 1.39. The summed E-state index contributed by atoms with van der Waals surface area (Å²) in [5.74, 6) is 2.50. The van der Waals surface area contributed by atoms with E-state index in [-0.39, 0.29) is 5.91 Å². The Bertz CT molecular complexity index is 922. The third-order valence-electron chi connectivity index (χ3n) is 7.14. The lowest BCUT2D eigenvalue weighted by Crippen LogP contribution is -2.49. The van der Waals surface area contributed by atoms with Crippen molar-refractivity contribution in [2.75, 3.05) is 59.5 Å². The molecule has 0 bridgehead atoms. The highest BCUT2D eigenvalue weighted by Gasteiger charge is 2.29. The Morgan fingerprint density at radius 3 is 2.42 bits per heavy atom. The first-order valence-electron chi connectivity index (χ1n) is 12.2. The van der Waals surface area contributed by atoms with Crippen molar-refractivity contribution >= 4 is 5.91 Å². The molecule has 1 amide bonds. The molecule has 2 saturated heterocycles. The molecule has 2 aliphatic heterocycles. The van der Waals surface area contributed by atoms with Crippen LogP contribution >= 0.6 is 0 Å². The summed E-state index contributed by atoms with van der Waals surface area (Å²) in [4.78, 5) is 25.1. The molecule has 7 nitrogen and oxygen atoms in total. The summed E-state index contributed by atoms with van der Waals surface area (Å²) < 4.78 is 11.1. The number of carbonyl (C=O) groups excluding carboxylic acids is 1. The van der Waals surface area contributed by atoms with Crippen molar-refractivity contribution in [2.24, 2.45) is 0 Å². The SMILES string of the molecule is COCCN1CCN(C(=O)c2ccc(C)nc2C2CCN(Cc3cc(C)c(C)o3)CC2)CC1. The summed E-state index contributed by atoms with van der Waals surface area (Å²) in [5, 5.41) is 0. The molecular weight excluding hydrogens is 416 g/mol. The van der Waals surface area contributed by atoms with Crippen molar-refractivity contribution in [1.82, 2.24) is 19.7 Å². The average Bonchev–Trinajstić information content (AvgIpc) is 3.14. The molecule has 4 rings (SSSR count). The first kappa shape index (κ1) is 23.9. The lowest BCUT2D eigenvalue weighted by molar-refractivity contribution is 0.0591. The number of hydrogen-bond donors (Lipinski definition) is 0. The summed E-state index contributed by atoms with van der Waals surface area (Å²) >= 11 is 0. The van der Waals surface area contributed by atoms with Crippen LogP contribution in [0, 0.1) is 20.8 Å². The zero-order valence-corrected chi connectivity index (χ0v) is 20.6. The fourth-order valence-corrected chi connectivity index (χ4v) is 4.95. The monoisotopic (exact) mass is 454 g/mol. The molecule has 0 N–H and O–H groups in total. The lowest BCUT2D eigenvalue weighted by atomic mass is 9.89. The summed E-state index contributed by atoms with van der Waals surface area (Å²) in [6.45, 7) is 13.9. The van der Waals surface area contributed by atoms with Gasteiger partial charge in [0.15, 0.2) is 0 Å². The van der Waals surface area contributed by atoms with Crippen molar-refractivity contribution < 1.29 is 13.9 Å². The smallest absolute Gasteiger partial charge is 0.255 e. The van der Waals surface area contributed by atoms with Crippen LogP contribution in [0.5, 0.6) is 0 Å². The molecule has 33 heavy (non-hydrogen) atoms. The summed E-state index contributed by atoms with van der Waals surface area (Å²) in [7, 11) is 1.73. The molecule has 180 valence electrons. The van der Waals surface area contributed by atoms with Crippen LogP contribution in [-0.4, -0.2) is 85.1 Å². The Labute approximate surface area is 197 Å². The number of ether oxygens (including phenoxy) is 1. The quantitative estimate of drug-likeness (QED) is 0.639. The number of aromatic nitrogens is 1. The van der Waals surface area contributed by atoms with Crippen LogP contribution in [-0.2, 0) is 11.3 Å². The molecular formula is C26H38N4O3. The Morgan fingerprint density at radius 2 is 1.79 bits per heavy atom. The van der Waals surface area contributed by atoms with E-state index in [2.05, 4.69) is 22.8 Å². The maximum atomic E-state index is 13.5. The van der Waals surface area contributed by atoms with Crippen LogP contribution < -0.4 is 0 Å². The second-order valence-corrected chi connectivity index (χ2v) is 9.51. The van der Waals surface area contributed by atoms with Crippen LogP contribution in [0.2, 0.25) is 0 Å². The number of nitrogens with zero attached hydrogens (tertiary/aromatic N) is 4. The fraction of sp³-hybridized carbons (Fsp3) is 0.615. The highest BCUT2D eigenvalue weighted by molar-refractivity contribution is 5.95. The topological polar surface area (TPSA) is 62.1 Å². The Morgan fingerprint density at radius 1 is 1.06 bits per heavy atom. The molecule has 0 saturated carbocycles. The third kappa shape index (κ3) is 5.83. The summed E-state index contributed by atoms with van der Waals surface area (Å²) in [5.41, 5.74) is 3.98. The summed E-state index contributed by atoms with van der Waals surface area (Å²) in [6, 6.07) is 6.12. The number of aryl methyl sites for hydroxylation is 3. The van der Waals surface area contributed by atoms with Gasteiger partial charge in [0.05, 0.1) is 24.4 Å². The van der Waals surface area contributed by atoms with E-state index in [0.29, 0.717) is 5.92 Å². The van der Waals surface area contributed by atoms with Gasteiger partial charge in [0.2, 0.25) is 0 Å². The van der Waals surface area contributed by atoms with E-state index in [1.54, 1.807) is 7.11 Å². The van der Waals surface area contributed by atoms with Gasteiger partial charge in [-0.15, -0.1) is 0 Å². The number of methoxy groups -OCH3 is 1. The van der Waals surface area contributed by atoms with Crippen molar-refractivity contribution in [2.45, 2.75) is 46.1 Å². The molecule has 4 heterocycles. The van der Waals surface area contributed by atoms with E-state index >= 15 is 0 Å². The van der Waals surface area contributed by atoms with Gasteiger partial charge in [-0.05, 0) is 70.5 Å². The highest BCUT2D eigenvalue weighted by Crippen LogP contribution is 2.31. The third-order valence-corrected chi connectivity index (χ3v) is 7.14. The van der Waals surface area contributed by atoms with Crippen LogP contribution in [0.1, 0.15) is 57.6 Å². The van der Waals surface area contributed by atoms with Gasteiger partial charge < -0.3 is 14.1 Å². The number of piperidine rings is 1. The highest BCUT2D eigenvalue weighted by atomic mass is 16.5. The van der Waals surface area contributed by atoms with Crippen molar-refractivity contribution in [1.29, 1.82) is 0 Å². The van der Waals surface area contributed by atoms with Crippen molar-refractivity contribution in [3.63, 3.8) is 0 Å². The molecule has 0 spiro atoms. The number of furan rings is 1. The van der Waals surface area contributed by atoms with E-state index < -0.39 is 0 Å². The van der Waals surface area contributed by atoms with Crippen LogP contribution in [0.3, 0.4) is 0 Å². The Kier molecular flexibility index (Phi) is 7.83. The lowest BCUT2D eigenvalue weighted by Gasteiger charge is -2.36. The molecule has 7 heteroatoms. The molecule has 0 atom stereocenters. The largest absolute Gasteiger partial charge is 0.465 e. The Hall–Kier alpha value is -2.22. The van der Waals surface area contributed by atoms with Crippen LogP contribution in [0.4, 0.5) is 0 Å². The summed E-state index contributed by atoms with van der Waals surface area (Å²) in [6.07, 6.45) is 2.03. The number of likely N-dealkylation sites (tertiary alicyclic amines) is 1. The number of pyridine rings is 1. The van der Waals surface area contributed by atoms with Crippen LogP contribution in [0.15, 0.2) is 22.6 Å². The van der Waals surface area contributed by atoms with E-state index in [9.17, 15) is 4.79 Å². The standard InChI is InChI=1S/C26H38N4O3/c1-19-17-23(33-21(19)3)18-29-9-7-22(8-10-29)25-24(6-5-20(2)27-25)26(31)30-13-11-28(12-14-30)15-16-32-4/h5-6,17,22H,7-16,18H2,1-4H3. The van der Waals surface area contributed by atoms with Gasteiger partial charge >= 0.3 is 0 Å². The van der Waals surface area contributed by atoms with Gasteiger partial charge in [0.25, 0.3) is 5.91 Å². The molecule has 0 unspecified atom stereocenters. The van der Waals surface area contributed by atoms with Crippen molar-refractivity contribution in [3.8, 4) is 0 Å². The van der Waals surface area contributed by atoms with Gasteiger partial charge in [0.1, 0.15) is 11.5 Å². The maximum absolute atomic E-state index is 13.5. The molecule has 0 aromatic carbocycles. The minimum absolute atomic E-state index is 0.132. The van der Waals surface area contributed by atoms with Crippen LogP contribution in [0.25, 0.3) is 0 Å². The minimum Gasteiger partial charge on any atom is -0.465 e. The van der Waals surface area contributed by atoms with Crippen molar-refractivity contribution in [3.05, 3.63) is 52.2 Å². The molecule has 0 radical (unpaired) electrons. The number of amides is 1. The molecule has 2 aromatic heterocycles. The molecule has 2 fully saturated rings. The number of hydrogen-bond acceptors (Lipinski definition) is 6. The minimum atomic E-state index is 0.132. The van der Waals surface area contributed by atoms with E-state index in [1.165, 1.54) is 5.56 Å². The first-order valence-corrected chi connectivity index (χ1v) is 12.2. The number of rotatable bonds is 7. The average molecular weight is 455 g/mol. The second-order valence-electron chi connectivity index (χ2n) is 9.51.